The van der Waals surface area contributed by atoms with Crippen LogP contribution in [0, 0.1) is 0 Å². The normalized spacial score (nSPS) is 11.0. The third-order valence-electron chi connectivity index (χ3n) is 2.39. The predicted octanol–water partition coefficient (Wildman–Crippen LogP) is 3.49. The molecular formula is C13H22N2S. The number of nitrogens with zero attached hydrogens (tertiary/aromatic N) is 2. The molecule has 2 nitrogen and oxygen atoms in total. The van der Waals surface area contributed by atoms with Gasteiger partial charge in [0, 0.05) is 18.5 Å². The Hall–Kier alpha value is -0.670. The van der Waals surface area contributed by atoms with Gasteiger partial charge in [-0.05, 0) is 26.3 Å². The largest absolute Gasteiger partial charge is 0.294 e. The predicted molar refractivity (Wildman–Crippen MR) is 71.9 cm³/mol. The van der Waals surface area contributed by atoms with Crippen molar-refractivity contribution in [2.75, 3.05) is 13.1 Å². The van der Waals surface area contributed by atoms with Gasteiger partial charge in [-0.2, -0.15) is 0 Å². The SMILES string of the molecule is C=C(C)CN(CC)Cc1csc(CCC)n1. The van der Waals surface area contributed by atoms with Crippen molar-refractivity contribution in [1.82, 2.24) is 9.88 Å². The molecule has 1 rings (SSSR count). The van der Waals surface area contributed by atoms with E-state index in [1.165, 1.54) is 22.7 Å². The lowest BCUT2D eigenvalue weighted by Crippen LogP contribution is -2.24. The number of likely N-dealkylation sites (N-methyl/N-ethyl adjacent to an activating group) is 1. The van der Waals surface area contributed by atoms with Crippen LogP contribution in [0.5, 0.6) is 0 Å². The number of aromatic nitrogens is 1. The molecule has 90 valence electrons. The molecule has 0 bridgehead atoms. The third kappa shape index (κ3) is 4.45. The van der Waals surface area contributed by atoms with Crippen molar-refractivity contribution in [2.24, 2.45) is 0 Å². The minimum atomic E-state index is 0.948. The lowest BCUT2D eigenvalue weighted by Gasteiger charge is -2.18. The first-order chi connectivity index (χ1) is 7.65. The van der Waals surface area contributed by atoms with Crippen LogP contribution in [0.1, 0.15) is 37.9 Å². The Kier molecular flexibility index (Phi) is 5.71. The molecule has 0 fully saturated rings. The summed E-state index contributed by atoms with van der Waals surface area (Å²) in [4.78, 5) is 7.01. The van der Waals surface area contributed by atoms with Crippen molar-refractivity contribution >= 4 is 11.3 Å². The summed E-state index contributed by atoms with van der Waals surface area (Å²) in [5, 5.41) is 3.45. The quantitative estimate of drug-likeness (QED) is 0.676. The summed E-state index contributed by atoms with van der Waals surface area (Å²) in [5.41, 5.74) is 2.42. The average Bonchev–Trinajstić information content (AvgIpc) is 2.64. The zero-order valence-corrected chi connectivity index (χ0v) is 11.4. The van der Waals surface area contributed by atoms with Gasteiger partial charge in [0.2, 0.25) is 0 Å². The zero-order valence-electron chi connectivity index (χ0n) is 10.6. The highest BCUT2D eigenvalue weighted by atomic mass is 32.1. The van der Waals surface area contributed by atoms with Crippen molar-refractivity contribution < 1.29 is 0 Å². The first-order valence-electron chi connectivity index (χ1n) is 5.95. The minimum Gasteiger partial charge on any atom is -0.294 e. The van der Waals surface area contributed by atoms with Gasteiger partial charge in [-0.1, -0.05) is 26.0 Å². The number of hydrogen-bond donors (Lipinski definition) is 0. The summed E-state index contributed by atoms with van der Waals surface area (Å²) in [6, 6.07) is 0. The molecule has 16 heavy (non-hydrogen) atoms. The lowest BCUT2D eigenvalue weighted by atomic mass is 10.3. The molecule has 0 aliphatic heterocycles. The fourth-order valence-corrected chi connectivity index (χ4v) is 2.53. The molecule has 0 radical (unpaired) electrons. The fourth-order valence-electron chi connectivity index (χ4n) is 1.64. The molecule has 3 heteroatoms. The van der Waals surface area contributed by atoms with E-state index in [2.05, 4.69) is 42.6 Å². The van der Waals surface area contributed by atoms with Crippen molar-refractivity contribution in [1.29, 1.82) is 0 Å². The maximum atomic E-state index is 4.64. The van der Waals surface area contributed by atoms with Gasteiger partial charge in [0.25, 0.3) is 0 Å². The Morgan fingerprint density at radius 2 is 2.25 bits per heavy atom. The molecule has 1 aromatic rings. The summed E-state index contributed by atoms with van der Waals surface area (Å²) in [7, 11) is 0. The highest BCUT2D eigenvalue weighted by Crippen LogP contribution is 2.13. The number of aryl methyl sites for hydroxylation is 1. The first kappa shape index (κ1) is 13.4. The van der Waals surface area contributed by atoms with E-state index in [4.69, 9.17) is 0 Å². The maximum absolute atomic E-state index is 4.64. The topological polar surface area (TPSA) is 16.1 Å². The van der Waals surface area contributed by atoms with Crippen LogP contribution in [-0.2, 0) is 13.0 Å². The summed E-state index contributed by atoms with van der Waals surface area (Å²) in [5.74, 6) is 0. The Balaban J connectivity index is 2.52. The van der Waals surface area contributed by atoms with Gasteiger partial charge < -0.3 is 0 Å². The average molecular weight is 238 g/mol. The van der Waals surface area contributed by atoms with Gasteiger partial charge in [-0.25, -0.2) is 4.98 Å². The Morgan fingerprint density at radius 3 is 2.81 bits per heavy atom. The fraction of sp³-hybridized carbons (Fsp3) is 0.615. The van der Waals surface area contributed by atoms with Crippen LogP contribution >= 0.6 is 11.3 Å². The molecule has 0 atom stereocenters. The second-order valence-electron chi connectivity index (χ2n) is 4.24. The molecule has 0 spiro atoms. The van der Waals surface area contributed by atoms with E-state index in [1.54, 1.807) is 11.3 Å². The van der Waals surface area contributed by atoms with E-state index in [9.17, 15) is 0 Å². The van der Waals surface area contributed by atoms with Crippen LogP contribution in [0.4, 0.5) is 0 Å². The summed E-state index contributed by atoms with van der Waals surface area (Å²) in [6.07, 6.45) is 2.29. The van der Waals surface area contributed by atoms with Gasteiger partial charge in [-0.3, -0.25) is 4.90 Å². The van der Waals surface area contributed by atoms with Gasteiger partial charge in [-0.15, -0.1) is 11.3 Å². The second kappa shape index (κ2) is 6.81. The molecule has 0 unspecified atom stereocenters. The smallest absolute Gasteiger partial charge is 0.0928 e. The second-order valence-corrected chi connectivity index (χ2v) is 5.19. The Labute approximate surface area is 103 Å². The van der Waals surface area contributed by atoms with E-state index in [1.807, 2.05) is 0 Å². The summed E-state index contributed by atoms with van der Waals surface area (Å²) < 4.78 is 0. The van der Waals surface area contributed by atoms with E-state index < -0.39 is 0 Å². The summed E-state index contributed by atoms with van der Waals surface area (Å²) >= 11 is 1.79. The van der Waals surface area contributed by atoms with Crippen LogP contribution < -0.4 is 0 Å². The molecule has 0 amide bonds. The molecule has 0 aromatic carbocycles. The third-order valence-corrected chi connectivity index (χ3v) is 3.35. The van der Waals surface area contributed by atoms with Crippen molar-refractivity contribution in [3.63, 3.8) is 0 Å². The van der Waals surface area contributed by atoms with Gasteiger partial charge in [0.15, 0.2) is 0 Å². The van der Waals surface area contributed by atoms with Crippen molar-refractivity contribution in [2.45, 2.75) is 40.2 Å². The number of hydrogen-bond acceptors (Lipinski definition) is 3. The summed E-state index contributed by atoms with van der Waals surface area (Å²) in [6.45, 7) is 13.4. The molecule has 0 aliphatic rings. The van der Waals surface area contributed by atoms with E-state index >= 15 is 0 Å². The van der Waals surface area contributed by atoms with Crippen molar-refractivity contribution in [3.8, 4) is 0 Å². The van der Waals surface area contributed by atoms with E-state index in [0.717, 1.165) is 26.1 Å². The molecule has 1 heterocycles. The van der Waals surface area contributed by atoms with Crippen LogP contribution in [-0.4, -0.2) is 23.0 Å². The lowest BCUT2D eigenvalue weighted by molar-refractivity contribution is 0.301. The number of rotatable bonds is 7. The van der Waals surface area contributed by atoms with E-state index in [-0.39, 0.29) is 0 Å². The zero-order chi connectivity index (χ0) is 12.0. The standard InChI is InChI=1S/C13H22N2S/c1-5-7-13-14-12(10-16-13)9-15(6-2)8-11(3)4/h10H,3,5-9H2,1-2,4H3. The Bertz CT molecular complexity index is 330. The molecule has 0 saturated heterocycles. The monoisotopic (exact) mass is 238 g/mol. The van der Waals surface area contributed by atoms with Gasteiger partial charge in [0.1, 0.15) is 0 Å². The van der Waals surface area contributed by atoms with Crippen LogP contribution in [0.15, 0.2) is 17.5 Å². The molecule has 1 aromatic heterocycles. The maximum Gasteiger partial charge on any atom is 0.0928 e. The highest BCUT2D eigenvalue weighted by Gasteiger charge is 2.07. The first-order valence-corrected chi connectivity index (χ1v) is 6.83. The Morgan fingerprint density at radius 1 is 1.50 bits per heavy atom. The van der Waals surface area contributed by atoms with E-state index in [0.29, 0.717) is 0 Å². The molecule has 0 N–H and O–H groups in total. The van der Waals surface area contributed by atoms with Crippen LogP contribution in [0.2, 0.25) is 0 Å². The van der Waals surface area contributed by atoms with Crippen LogP contribution in [0.3, 0.4) is 0 Å². The number of thiazole rings is 1. The minimum absolute atomic E-state index is 0.948. The molecule has 0 saturated carbocycles. The van der Waals surface area contributed by atoms with Crippen molar-refractivity contribution in [3.05, 3.63) is 28.2 Å². The van der Waals surface area contributed by atoms with Crippen LogP contribution in [0.25, 0.3) is 0 Å². The highest BCUT2D eigenvalue weighted by molar-refractivity contribution is 7.09. The van der Waals surface area contributed by atoms with Gasteiger partial charge >= 0.3 is 0 Å². The molecule has 0 aliphatic carbocycles. The van der Waals surface area contributed by atoms with Gasteiger partial charge in [0.05, 0.1) is 10.7 Å². The molecular weight excluding hydrogens is 216 g/mol.